The molecule has 0 bridgehead atoms. The van der Waals surface area contributed by atoms with Gasteiger partial charge in [0.2, 0.25) is 0 Å². The van der Waals surface area contributed by atoms with Crippen LogP contribution in [0.15, 0.2) is 0 Å². The molecule has 18 heavy (non-hydrogen) atoms. The number of hydrogen-bond donors (Lipinski definition) is 0. The molecule has 0 aromatic carbocycles. The second kappa shape index (κ2) is 5.05. The van der Waals surface area contributed by atoms with Crippen molar-refractivity contribution in [3.05, 3.63) is 10.0 Å². The Hall–Kier alpha value is -0.820. The highest BCUT2D eigenvalue weighted by Crippen LogP contribution is 2.36. The summed E-state index contributed by atoms with van der Waals surface area (Å²) >= 11 is 6.74. The minimum absolute atomic E-state index is 0.0548. The lowest BCUT2D eigenvalue weighted by atomic mass is 9.98. The van der Waals surface area contributed by atoms with Crippen LogP contribution in [0.5, 0.6) is 0 Å². The fourth-order valence-electron chi connectivity index (χ4n) is 1.93. The van der Waals surface area contributed by atoms with E-state index in [1.54, 1.807) is 4.90 Å². The molecule has 0 radical (unpaired) electrons. The van der Waals surface area contributed by atoms with E-state index in [0.29, 0.717) is 24.4 Å². The van der Waals surface area contributed by atoms with Gasteiger partial charge in [-0.15, -0.1) is 0 Å². The molecule has 1 saturated heterocycles. The van der Waals surface area contributed by atoms with E-state index < -0.39 is 12.1 Å². The summed E-state index contributed by atoms with van der Waals surface area (Å²) in [5.41, 5.74) is 0. The Morgan fingerprint density at radius 2 is 2.22 bits per heavy atom. The molecule has 1 atom stereocenters. The molecule has 0 N–H and O–H groups in total. The molecular weight excluding hydrogens is 289 g/mol. The number of carbonyl (C=O) groups is 1. The zero-order chi connectivity index (χ0) is 13.3. The molecule has 2 heterocycles. The number of rotatable bonds is 2. The first-order chi connectivity index (χ1) is 8.41. The number of anilines is 1. The fraction of sp³-hybridized carbons (Fsp3) is 0.600. The number of nitrogens with zero attached hydrogens (tertiary/aromatic N) is 2. The molecular formula is C10H10ClF3N2OS. The minimum Gasteiger partial charge on any atom is -0.347 e. The predicted octanol–water partition coefficient (Wildman–Crippen LogP) is 3.39. The highest BCUT2D eigenvalue weighted by Gasteiger charge is 2.42. The van der Waals surface area contributed by atoms with Crippen LogP contribution in [-0.4, -0.2) is 30.5 Å². The summed E-state index contributed by atoms with van der Waals surface area (Å²) in [6.07, 6.45) is -3.03. The van der Waals surface area contributed by atoms with Crippen LogP contribution in [0.1, 0.15) is 22.5 Å². The van der Waals surface area contributed by atoms with Gasteiger partial charge in [-0.25, -0.2) is 4.98 Å². The average molecular weight is 299 g/mol. The van der Waals surface area contributed by atoms with Crippen LogP contribution >= 0.6 is 22.9 Å². The average Bonchev–Trinajstić information content (AvgIpc) is 2.70. The number of aldehydes is 1. The largest absolute Gasteiger partial charge is 0.393 e. The van der Waals surface area contributed by atoms with Gasteiger partial charge in [-0.1, -0.05) is 22.9 Å². The Kier molecular flexibility index (Phi) is 3.82. The molecule has 2 rings (SSSR count). The van der Waals surface area contributed by atoms with E-state index in [1.165, 1.54) is 0 Å². The van der Waals surface area contributed by atoms with Gasteiger partial charge < -0.3 is 4.90 Å². The molecule has 1 aliphatic rings. The van der Waals surface area contributed by atoms with Crippen molar-refractivity contribution in [2.24, 2.45) is 5.92 Å². The molecule has 1 aromatic heterocycles. The molecule has 1 fully saturated rings. The first-order valence-electron chi connectivity index (χ1n) is 5.35. The smallest absolute Gasteiger partial charge is 0.347 e. The Morgan fingerprint density at radius 3 is 2.78 bits per heavy atom. The number of halogens is 4. The lowest BCUT2D eigenvalue weighted by Crippen LogP contribution is -2.41. The summed E-state index contributed by atoms with van der Waals surface area (Å²) in [5, 5.41) is 0.440. The molecule has 1 unspecified atom stereocenters. The maximum Gasteiger partial charge on any atom is 0.393 e. The van der Waals surface area contributed by atoms with Gasteiger partial charge in [0.15, 0.2) is 16.6 Å². The third-order valence-corrected chi connectivity index (χ3v) is 4.30. The number of piperidine rings is 1. The van der Waals surface area contributed by atoms with Crippen LogP contribution in [0, 0.1) is 5.92 Å². The molecule has 0 saturated carbocycles. The van der Waals surface area contributed by atoms with Crippen LogP contribution < -0.4 is 4.90 Å². The van der Waals surface area contributed by atoms with E-state index in [2.05, 4.69) is 4.98 Å². The number of carbonyl (C=O) groups excluding carboxylic acids is 1. The van der Waals surface area contributed by atoms with Gasteiger partial charge in [-0.05, 0) is 12.8 Å². The van der Waals surface area contributed by atoms with Crippen molar-refractivity contribution < 1.29 is 18.0 Å². The summed E-state index contributed by atoms with van der Waals surface area (Å²) in [6.45, 7) is 0.389. The van der Waals surface area contributed by atoms with Crippen molar-refractivity contribution in [2.75, 3.05) is 18.0 Å². The lowest BCUT2D eigenvalue weighted by Gasteiger charge is -2.33. The van der Waals surface area contributed by atoms with Gasteiger partial charge in [0, 0.05) is 13.1 Å². The van der Waals surface area contributed by atoms with Crippen LogP contribution in [0.3, 0.4) is 0 Å². The molecule has 8 heteroatoms. The van der Waals surface area contributed by atoms with Crippen molar-refractivity contribution >= 4 is 34.4 Å². The predicted molar refractivity (Wildman–Crippen MR) is 63.5 cm³/mol. The van der Waals surface area contributed by atoms with E-state index >= 15 is 0 Å². The van der Waals surface area contributed by atoms with Gasteiger partial charge in [-0.2, -0.15) is 13.2 Å². The second-order valence-electron chi connectivity index (χ2n) is 4.10. The molecule has 0 aliphatic carbocycles. The topological polar surface area (TPSA) is 33.2 Å². The quantitative estimate of drug-likeness (QED) is 0.785. The van der Waals surface area contributed by atoms with E-state index in [1.807, 2.05) is 0 Å². The third kappa shape index (κ3) is 2.77. The normalized spacial score (nSPS) is 21.1. The zero-order valence-corrected chi connectivity index (χ0v) is 10.8. The van der Waals surface area contributed by atoms with Crippen LogP contribution in [-0.2, 0) is 0 Å². The van der Waals surface area contributed by atoms with E-state index in [9.17, 15) is 18.0 Å². The number of hydrogen-bond acceptors (Lipinski definition) is 4. The van der Waals surface area contributed by atoms with Crippen LogP contribution in [0.25, 0.3) is 0 Å². The lowest BCUT2D eigenvalue weighted by molar-refractivity contribution is -0.175. The maximum absolute atomic E-state index is 12.7. The Labute approximate surface area is 111 Å². The standard InChI is InChI=1S/C10H10ClF3N2OS/c11-8-7(5-17)18-9(15-8)16-3-1-2-6(4-16)10(12,13)14/h5-6H,1-4H2. The van der Waals surface area contributed by atoms with Gasteiger partial charge in [-0.3, -0.25) is 4.79 Å². The third-order valence-electron chi connectivity index (χ3n) is 2.86. The van der Waals surface area contributed by atoms with E-state index in [4.69, 9.17) is 11.6 Å². The summed E-state index contributed by atoms with van der Waals surface area (Å²) in [6, 6.07) is 0. The zero-order valence-electron chi connectivity index (χ0n) is 9.21. The van der Waals surface area contributed by atoms with Crippen molar-refractivity contribution in [1.29, 1.82) is 0 Å². The molecule has 0 amide bonds. The number of thiazole rings is 1. The Bertz CT molecular complexity index is 449. The molecule has 100 valence electrons. The number of aromatic nitrogens is 1. The summed E-state index contributed by atoms with van der Waals surface area (Å²) < 4.78 is 38.0. The van der Waals surface area contributed by atoms with Gasteiger partial charge in [0.1, 0.15) is 4.88 Å². The fourth-order valence-corrected chi connectivity index (χ4v) is 3.03. The molecule has 3 nitrogen and oxygen atoms in total. The molecule has 1 aromatic rings. The van der Waals surface area contributed by atoms with E-state index in [-0.39, 0.29) is 23.0 Å². The first kappa shape index (κ1) is 13.6. The minimum atomic E-state index is -4.19. The van der Waals surface area contributed by atoms with Crippen molar-refractivity contribution in [3.63, 3.8) is 0 Å². The number of alkyl halides is 3. The Morgan fingerprint density at radius 1 is 1.50 bits per heavy atom. The molecule has 1 aliphatic heterocycles. The van der Waals surface area contributed by atoms with Crippen LogP contribution in [0.4, 0.5) is 18.3 Å². The maximum atomic E-state index is 12.7. The van der Waals surface area contributed by atoms with Crippen LogP contribution in [0.2, 0.25) is 5.15 Å². The monoisotopic (exact) mass is 298 g/mol. The van der Waals surface area contributed by atoms with Crippen molar-refractivity contribution in [3.8, 4) is 0 Å². The summed E-state index contributed by atoms with van der Waals surface area (Å²) in [7, 11) is 0. The van der Waals surface area contributed by atoms with E-state index in [0.717, 1.165) is 11.3 Å². The summed E-state index contributed by atoms with van der Waals surface area (Å²) in [4.78, 5) is 16.4. The van der Waals surface area contributed by atoms with Crippen molar-refractivity contribution in [1.82, 2.24) is 4.98 Å². The van der Waals surface area contributed by atoms with Gasteiger partial charge in [0.05, 0.1) is 5.92 Å². The molecule has 0 spiro atoms. The highest BCUT2D eigenvalue weighted by atomic mass is 35.5. The summed E-state index contributed by atoms with van der Waals surface area (Å²) in [5.74, 6) is -1.34. The van der Waals surface area contributed by atoms with Gasteiger partial charge >= 0.3 is 6.18 Å². The van der Waals surface area contributed by atoms with Crippen molar-refractivity contribution in [2.45, 2.75) is 19.0 Å². The SMILES string of the molecule is O=Cc1sc(N2CCCC(C(F)(F)F)C2)nc1Cl. The second-order valence-corrected chi connectivity index (χ2v) is 5.46. The Balaban J connectivity index is 2.15. The highest BCUT2D eigenvalue weighted by molar-refractivity contribution is 7.17. The first-order valence-corrected chi connectivity index (χ1v) is 6.54. The van der Waals surface area contributed by atoms with Gasteiger partial charge in [0.25, 0.3) is 0 Å².